The normalized spacial score (nSPS) is 11.8. The lowest BCUT2D eigenvalue weighted by atomic mass is 10.0. The molecule has 0 bridgehead atoms. The lowest BCUT2D eigenvalue weighted by molar-refractivity contribution is 1.18. The summed E-state index contributed by atoms with van der Waals surface area (Å²) in [4.78, 5) is 1.33. The first-order valence-corrected chi connectivity index (χ1v) is 15.8. The van der Waals surface area contributed by atoms with Gasteiger partial charge in [-0.15, -0.1) is 11.3 Å². The highest BCUT2D eigenvalue weighted by Gasteiger charge is 2.16. The van der Waals surface area contributed by atoms with Crippen molar-refractivity contribution in [3.63, 3.8) is 0 Å². The molecule has 0 N–H and O–H groups in total. The highest BCUT2D eigenvalue weighted by molar-refractivity contribution is 7.20. The quantitative estimate of drug-likeness (QED) is 0.196. The fourth-order valence-electron chi connectivity index (χ4n) is 6.80. The number of nitrogens with zero attached hydrogens (tertiary/aromatic N) is 2. The minimum atomic E-state index is 1.17. The van der Waals surface area contributed by atoms with Gasteiger partial charge in [0, 0.05) is 32.4 Å². The van der Waals surface area contributed by atoms with Gasteiger partial charge in [-0.3, -0.25) is 0 Å². The van der Waals surface area contributed by atoms with Gasteiger partial charge in [0.2, 0.25) is 0 Å². The van der Waals surface area contributed by atoms with Crippen LogP contribution in [0.5, 0.6) is 0 Å². The van der Waals surface area contributed by atoms with E-state index in [0.29, 0.717) is 0 Å². The molecule has 9 aromatic rings. The summed E-state index contributed by atoms with van der Waals surface area (Å²) in [6, 6.07) is 55.2. The largest absolute Gasteiger partial charge is 0.309 e. The van der Waals surface area contributed by atoms with Gasteiger partial charge in [-0.25, -0.2) is 0 Å². The van der Waals surface area contributed by atoms with Crippen LogP contribution in [0.25, 0.3) is 76.6 Å². The first-order chi connectivity index (χ1) is 21.7. The van der Waals surface area contributed by atoms with Crippen LogP contribution in [0.2, 0.25) is 0 Å². The van der Waals surface area contributed by atoms with Gasteiger partial charge in [0.25, 0.3) is 0 Å². The number of para-hydroxylation sites is 2. The number of hydrogen-bond donors (Lipinski definition) is 0. The fraction of sp³-hybridized carbons (Fsp3) is 0.0244. The molecular weight excluding hydrogens is 553 g/mol. The molecule has 0 radical (unpaired) electrons. The van der Waals surface area contributed by atoms with Gasteiger partial charge in [0.05, 0.1) is 26.8 Å². The molecule has 0 aliphatic rings. The van der Waals surface area contributed by atoms with E-state index in [1.54, 1.807) is 0 Å². The number of fused-ring (bicyclic) bond motifs is 6. The van der Waals surface area contributed by atoms with Gasteiger partial charge in [-0.1, -0.05) is 97.1 Å². The topological polar surface area (TPSA) is 9.86 Å². The standard InChI is InChI=1S/C41H28N2S/c1-27-25-40-41(44-27)36-26-31(19-24-39(36)43(40)33-20-15-29(16-21-33)28-9-3-2-4-10-28)30-17-22-32(23-18-30)42-37-13-7-5-11-34(37)35-12-6-8-14-38(35)42/h2-26H,1H3. The molecule has 0 spiro atoms. The van der Waals surface area contributed by atoms with E-state index in [0.717, 1.165) is 0 Å². The molecular formula is C41H28N2S. The number of aryl methyl sites for hydroxylation is 1. The third-order valence-electron chi connectivity index (χ3n) is 8.83. The van der Waals surface area contributed by atoms with Crippen LogP contribution < -0.4 is 0 Å². The van der Waals surface area contributed by atoms with Crippen molar-refractivity contribution in [2.45, 2.75) is 6.92 Å². The molecule has 0 fully saturated rings. The van der Waals surface area contributed by atoms with Gasteiger partial charge in [-0.2, -0.15) is 0 Å². The Labute approximate surface area is 259 Å². The molecule has 0 unspecified atom stereocenters. The molecule has 0 atom stereocenters. The second-order valence-electron chi connectivity index (χ2n) is 11.5. The molecule has 3 heterocycles. The van der Waals surface area contributed by atoms with E-state index in [2.05, 4.69) is 168 Å². The molecule has 6 aromatic carbocycles. The highest BCUT2D eigenvalue weighted by atomic mass is 32.1. The van der Waals surface area contributed by atoms with Crippen LogP contribution in [0.15, 0.2) is 152 Å². The van der Waals surface area contributed by atoms with E-state index < -0.39 is 0 Å². The van der Waals surface area contributed by atoms with Gasteiger partial charge in [0.1, 0.15) is 0 Å². The molecule has 9 rings (SSSR count). The van der Waals surface area contributed by atoms with E-state index in [-0.39, 0.29) is 0 Å². The number of thiophene rings is 1. The van der Waals surface area contributed by atoms with Gasteiger partial charge >= 0.3 is 0 Å². The monoisotopic (exact) mass is 580 g/mol. The lowest BCUT2D eigenvalue weighted by Gasteiger charge is -2.11. The Morgan fingerprint density at radius 2 is 0.864 bits per heavy atom. The average molecular weight is 581 g/mol. The molecule has 3 aromatic heterocycles. The number of hydrogen-bond acceptors (Lipinski definition) is 1. The van der Waals surface area contributed by atoms with Crippen LogP contribution in [0.1, 0.15) is 4.88 Å². The molecule has 208 valence electrons. The van der Waals surface area contributed by atoms with Crippen molar-refractivity contribution in [3.8, 4) is 33.6 Å². The molecule has 44 heavy (non-hydrogen) atoms. The minimum Gasteiger partial charge on any atom is -0.309 e. The SMILES string of the molecule is Cc1cc2c(s1)c1cc(-c3ccc(-n4c5ccccc5c5ccccc54)cc3)ccc1n2-c1ccc(-c2ccccc2)cc1. The second-order valence-corrected chi connectivity index (χ2v) is 12.7. The summed E-state index contributed by atoms with van der Waals surface area (Å²) in [7, 11) is 0. The lowest BCUT2D eigenvalue weighted by Crippen LogP contribution is -1.94. The van der Waals surface area contributed by atoms with Gasteiger partial charge in [-0.05, 0) is 83.8 Å². The van der Waals surface area contributed by atoms with E-state index in [1.807, 2.05) is 11.3 Å². The summed E-state index contributed by atoms with van der Waals surface area (Å²) in [6.07, 6.45) is 0. The van der Waals surface area contributed by atoms with Crippen LogP contribution in [0.4, 0.5) is 0 Å². The van der Waals surface area contributed by atoms with Crippen LogP contribution in [-0.2, 0) is 0 Å². The average Bonchev–Trinajstić information content (AvgIpc) is 3.72. The Morgan fingerprint density at radius 3 is 1.50 bits per heavy atom. The summed E-state index contributed by atoms with van der Waals surface area (Å²) in [5.74, 6) is 0. The Balaban J connectivity index is 1.14. The van der Waals surface area contributed by atoms with E-state index in [9.17, 15) is 0 Å². The van der Waals surface area contributed by atoms with Gasteiger partial charge < -0.3 is 9.13 Å². The van der Waals surface area contributed by atoms with Crippen LogP contribution >= 0.6 is 11.3 Å². The van der Waals surface area contributed by atoms with Crippen molar-refractivity contribution in [2.24, 2.45) is 0 Å². The molecule has 2 nitrogen and oxygen atoms in total. The van der Waals surface area contributed by atoms with Crippen molar-refractivity contribution in [1.29, 1.82) is 0 Å². The maximum Gasteiger partial charge on any atom is 0.0651 e. The first-order valence-electron chi connectivity index (χ1n) is 15.0. The van der Waals surface area contributed by atoms with Crippen molar-refractivity contribution in [1.82, 2.24) is 9.13 Å². The molecule has 0 saturated heterocycles. The zero-order valence-electron chi connectivity index (χ0n) is 24.2. The predicted molar refractivity (Wildman–Crippen MR) is 189 cm³/mol. The Hall–Kier alpha value is -5.38. The second kappa shape index (κ2) is 9.84. The zero-order chi connectivity index (χ0) is 29.2. The molecule has 0 amide bonds. The summed E-state index contributed by atoms with van der Waals surface area (Å²) in [6.45, 7) is 2.20. The molecule has 3 heteroatoms. The predicted octanol–water partition coefficient (Wildman–Crippen LogP) is 11.6. The molecule has 0 aliphatic heterocycles. The summed E-state index contributed by atoms with van der Waals surface area (Å²) >= 11 is 1.88. The van der Waals surface area contributed by atoms with Crippen molar-refractivity contribution < 1.29 is 0 Å². The third-order valence-corrected chi connectivity index (χ3v) is 9.90. The van der Waals surface area contributed by atoms with Crippen LogP contribution in [0, 0.1) is 6.92 Å². The summed E-state index contributed by atoms with van der Waals surface area (Å²) < 4.78 is 6.13. The van der Waals surface area contributed by atoms with Crippen molar-refractivity contribution in [3.05, 3.63) is 157 Å². The van der Waals surface area contributed by atoms with E-state index in [1.165, 1.54) is 81.4 Å². The third kappa shape index (κ3) is 3.87. The maximum absolute atomic E-state index is 2.41. The summed E-state index contributed by atoms with van der Waals surface area (Å²) in [5, 5.41) is 3.87. The zero-order valence-corrected chi connectivity index (χ0v) is 25.1. The molecule has 0 saturated carbocycles. The summed E-state index contributed by atoms with van der Waals surface area (Å²) in [5.41, 5.74) is 12.3. The fourth-order valence-corrected chi connectivity index (χ4v) is 7.82. The number of aromatic nitrogens is 2. The van der Waals surface area contributed by atoms with Crippen molar-refractivity contribution in [2.75, 3.05) is 0 Å². The number of rotatable bonds is 4. The van der Waals surface area contributed by atoms with Crippen molar-refractivity contribution >= 4 is 54.3 Å². The maximum atomic E-state index is 2.41. The molecule has 0 aliphatic carbocycles. The van der Waals surface area contributed by atoms with E-state index >= 15 is 0 Å². The number of benzene rings is 6. The van der Waals surface area contributed by atoms with E-state index in [4.69, 9.17) is 0 Å². The Kier molecular flexibility index (Phi) is 5.62. The Morgan fingerprint density at radius 1 is 0.386 bits per heavy atom. The van der Waals surface area contributed by atoms with Gasteiger partial charge in [0.15, 0.2) is 0 Å². The smallest absolute Gasteiger partial charge is 0.0651 e. The first kappa shape index (κ1) is 25.1. The van der Waals surface area contributed by atoms with Crippen LogP contribution in [0.3, 0.4) is 0 Å². The highest BCUT2D eigenvalue weighted by Crippen LogP contribution is 2.40. The van der Waals surface area contributed by atoms with Crippen LogP contribution in [-0.4, -0.2) is 9.13 Å². The Bertz CT molecular complexity index is 2420. The minimum absolute atomic E-state index is 1.17.